The van der Waals surface area contributed by atoms with Gasteiger partial charge in [-0.15, -0.1) is 0 Å². The van der Waals surface area contributed by atoms with Gasteiger partial charge in [-0.1, -0.05) is 84.0 Å². The molecule has 0 amide bonds. The van der Waals surface area contributed by atoms with Gasteiger partial charge >= 0.3 is 0 Å². The Labute approximate surface area is 235 Å². The first-order valence-electron chi connectivity index (χ1n) is 14.0. The predicted molar refractivity (Wildman–Crippen MR) is 155 cm³/mol. The van der Waals surface area contributed by atoms with E-state index in [0.717, 1.165) is 16.9 Å². The zero-order valence-corrected chi connectivity index (χ0v) is 25.8. The van der Waals surface area contributed by atoms with Gasteiger partial charge in [0.25, 0.3) is 0 Å². The molecule has 0 unspecified atom stereocenters. The van der Waals surface area contributed by atoms with Crippen molar-refractivity contribution >= 4 is 8.32 Å². The van der Waals surface area contributed by atoms with E-state index < -0.39 is 39.0 Å². The van der Waals surface area contributed by atoms with Crippen LogP contribution in [0.3, 0.4) is 0 Å². The van der Waals surface area contributed by atoms with Crippen LogP contribution in [0.2, 0.25) is 16.6 Å². The topological polar surface area (TPSA) is 75.6 Å². The van der Waals surface area contributed by atoms with Crippen molar-refractivity contribution < 1.29 is 33.2 Å². The molecule has 0 spiro atoms. The molecule has 5 atom stereocenters. The summed E-state index contributed by atoms with van der Waals surface area (Å²) < 4.78 is 37.8. The first kappa shape index (κ1) is 31.7. The Hall–Kier alpha value is -1.78. The number of aliphatic hydroxyl groups excluding tert-OH is 1. The van der Waals surface area contributed by atoms with Crippen LogP contribution in [0.25, 0.3) is 0 Å². The van der Waals surface area contributed by atoms with E-state index in [1.807, 2.05) is 54.6 Å². The van der Waals surface area contributed by atoms with Gasteiger partial charge in [0, 0.05) is 7.11 Å². The number of benzene rings is 2. The van der Waals surface area contributed by atoms with Gasteiger partial charge in [-0.25, -0.2) is 0 Å². The number of hydrogen-bond acceptors (Lipinski definition) is 7. The Bertz CT molecular complexity index is 945. The number of rotatable bonds is 14. The van der Waals surface area contributed by atoms with Crippen LogP contribution in [0.15, 0.2) is 54.6 Å². The van der Waals surface area contributed by atoms with Gasteiger partial charge in [0.1, 0.15) is 30.2 Å². The van der Waals surface area contributed by atoms with Crippen LogP contribution >= 0.6 is 0 Å². The second-order valence-corrected chi connectivity index (χ2v) is 16.7. The molecule has 0 aromatic heterocycles. The molecular weight excluding hydrogens is 512 g/mol. The molecule has 7 nitrogen and oxygen atoms in total. The van der Waals surface area contributed by atoms with Gasteiger partial charge in [0.15, 0.2) is 6.29 Å². The molecular formula is C31H48O7Si. The van der Waals surface area contributed by atoms with E-state index in [-0.39, 0.29) is 6.61 Å². The fraction of sp³-hybridized carbons (Fsp3) is 0.613. The summed E-state index contributed by atoms with van der Waals surface area (Å²) in [6.07, 6.45) is -2.96. The fourth-order valence-corrected chi connectivity index (χ4v) is 11.6. The summed E-state index contributed by atoms with van der Waals surface area (Å²) in [5.41, 5.74) is 3.09. The standard InChI is InChI=1S/C31H48O7Si/c1-21(2)39(22(3)4,23(5)6)38-29-28(35-20-25-14-16-26(33-7)17-15-25)27(18-32)37-31(34-8)30(29)36-19-24-12-10-9-11-13-24/h9-17,21-23,27-32H,18-20H2,1-8H3/t27-,28-,29+,30-,31+/m1/s1. The summed E-state index contributed by atoms with van der Waals surface area (Å²) in [5, 5.41) is 10.4. The SMILES string of the molecule is COc1ccc(CO[C@H]2[C@H](O[Si](C(C)C)(C(C)C)C(C)C)[C@@H](OCc3ccccc3)[C@@H](OC)O[C@@H]2CO)cc1. The third kappa shape index (κ3) is 7.49. The molecule has 1 heterocycles. The zero-order chi connectivity index (χ0) is 28.6. The molecule has 3 rings (SSSR count). The van der Waals surface area contributed by atoms with E-state index in [2.05, 4.69) is 41.5 Å². The summed E-state index contributed by atoms with van der Waals surface area (Å²) in [4.78, 5) is 0. The van der Waals surface area contributed by atoms with Crippen LogP contribution in [-0.4, -0.2) is 65.0 Å². The summed E-state index contributed by atoms with van der Waals surface area (Å²) in [6.45, 7) is 14.0. The minimum Gasteiger partial charge on any atom is -0.497 e. The molecule has 1 aliphatic heterocycles. The van der Waals surface area contributed by atoms with Crippen molar-refractivity contribution in [3.05, 3.63) is 65.7 Å². The Kier molecular flexibility index (Phi) is 12.0. The summed E-state index contributed by atoms with van der Waals surface area (Å²) >= 11 is 0. The van der Waals surface area contributed by atoms with Crippen molar-refractivity contribution in [2.75, 3.05) is 20.8 Å². The van der Waals surface area contributed by atoms with Gasteiger partial charge in [-0.3, -0.25) is 0 Å². The van der Waals surface area contributed by atoms with Gasteiger partial charge in [0.05, 0.1) is 26.9 Å². The van der Waals surface area contributed by atoms with E-state index >= 15 is 0 Å². The van der Waals surface area contributed by atoms with Crippen LogP contribution in [0.1, 0.15) is 52.7 Å². The average Bonchev–Trinajstić information content (AvgIpc) is 2.93. The van der Waals surface area contributed by atoms with Crippen molar-refractivity contribution in [3.8, 4) is 5.75 Å². The van der Waals surface area contributed by atoms with E-state index in [4.69, 9.17) is 28.1 Å². The molecule has 0 bridgehead atoms. The maximum atomic E-state index is 10.4. The van der Waals surface area contributed by atoms with E-state index in [9.17, 15) is 5.11 Å². The van der Waals surface area contributed by atoms with Gasteiger partial charge in [0.2, 0.25) is 8.32 Å². The zero-order valence-electron chi connectivity index (χ0n) is 24.8. The van der Waals surface area contributed by atoms with Gasteiger partial charge in [-0.05, 0) is 39.9 Å². The fourth-order valence-electron chi connectivity index (χ4n) is 6.05. The Balaban J connectivity index is 2.00. The van der Waals surface area contributed by atoms with Gasteiger partial charge in [-0.2, -0.15) is 0 Å². The molecule has 218 valence electrons. The van der Waals surface area contributed by atoms with Crippen molar-refractivity contribution in [1.29, 1.82) is 0 Å². The third-order valence-electron chi connectivity index (χ3n) is 7.94. The van der Waals surface area contributed by atoms with Crippen LogP contribution in [0.4, 0.5) is 0 Å². The van der Waals surface area contributed by atoms with E-state index in [1.165, 1.54) is 0 Å². The highest BCUT2D eigenvalue weighted by Gasteiger charge is 2.54. The smallest absolute Gasteiger partial charge is 0.201 e. The summed E-state index contributed by atoms with van der Waals surface area (Å²) in [5.74, 6) is 0.785. The minimum absolute atomic E-state index is 0.224. The maximum absolute atomic E-state index is 10.4. The van der Waals surface area contributed by atoms with E-state index in [1.54, 1.807) is 14.2 Å². The quantitative estimate of drug-likeness (QED) is 0.280. The van der Waals surface area contributed by atoms with Crippen LogP contribution < -0.4 is 4.74 Å². The maximum Gasteiger partial charge on any atom is 0.201 e. The molecule has 1 aliphatic rings. The van der Waals surface area contributed by atoms with Crippen molar-refractivity contribution in [1.82, 2.24) is 0 Å². The first-order chi connectivity index (χ1) is 18.7. The number of ether oxygens (including phenoxy) is 5. The molecule has 2 aromatic rings. The van der Waals surface area contributed by atoms with Crippen LogP contribution in [0, 0.1) is 0 Å². The average molecular weight is 561 g/mol. The lowest BCUT2D eigenvalue weighted by Gasteiger charge is -2.51. The second kappa shape index (κ2) is 14.7. The van der Waals surface area contributed by atoms with Crippen LogP contribution in [-0.2, 0) is 36.6 Å². The number of hydrogen-bond donors (Lipinski definition) is 1. The van der Waals surface area contributed by atoms with Crippen molar-refractivity contribution in [2.45, 2.75) is 102 Å². The molecule has 0 saturated carbocycles. The van der Waals surface area contributed by atoms with Crippen molar-refractivity contribution in [2.24, 2.45) is 0 Å². The molecule has 2 aromatic carbocycles. The Morgan fingerprint density at radius 2 is 1.28 bits per heavy atom. The lowest BCUT2D eigenvalue weighted by atomic mass is 9.98. The Morgan fingerprint density at radius 3 is 1.77 bits per heavy atom. The summed E-state index contributed by atoms with van der Waals surface area (Å²) in [6, 6.07) is 17.8. The molecule has 1 saturated heterocycles. The van der Waals surface area contributed by atoms with Crippen LogP contribution in [0.5, 0.6) is 5.75 Å². The predicted octanol–water partition coefficient (Wildman–Crippen LogP) is 6.09. The molecule has 8 heteroatoms. The highest BCUT2D eigenvalue weighted by atomic mass is 28.4. The molecule has 0 radical (unpaired) electrons. The molecule has 0 aliphatic carbocycles. The molecule has 1 N–H and O–H groups in total. The van der Waals surface area contributed by atoms with E-state index in [0.29, 0.717) is 29.8 Å². The number of methoxy groups -OCH3 is 2. The number of aliphatic hydroxyl groups is 1. The third-order valence-corrected chi connectivity index (χ3v) is 14.0. The highest BCUT2D eigenvalue weighted by Crippen LogP contribution is 2.45. The summed E-state index contributed by atoms with van der Waals surface area (Å²) in [7, 11) is 0.869. The Morgan fingerprint density at radius 1 is 0.744 bits per heavy atom. The highest BCUT2D eigenvalue weighted by molar-refractivity contribution is 6.77. The lowest BCUT2D eigenvalue weighted by molar-refractivity contribution is -0.310. The lowest BCUT2D eigenvalue weighted by Crippen LogP contribution is -2.65. The molecule has 39 heavy (non-hydrogen) atoms. The minimum atomic E-state index is -2.38. The monoisotopic (exact) mass is 560 g/mol. The molecule has 1 fully saturated rings. The van der Waals surface area contributed by atoms with Crippen molar-refractivity contribution in [3.63, 3.8) is 0 Å². The largest absolute Gasteiger partial charge is 0.497 e. The normalized spacial score (nSPS) is 24.1. The first-order valence-corrected chi connectivity index (χ1v) is 16.2. The second-order valence-electron chi connectivity index (χ2n) is 11.2. The van der Waals surface area contributed by atoms with Gasteiger partial charge < -0.3 is 33.2 Å².